The van der Waals surface area contributed by atoms with Gasteiger partial charge in [0.1, 0.15) is 0 Å². The van der Waals surface area contributed by atoms with Gasteiger partial charge in [0.2, 0.25) is 0 Å². The second kappa shape index (κ2) is 33.5. The molecular weight excluding hydrogens is 1050 g/mol. The number of aryl methyl sites for hydroxylation is 2. The highest BCUT2D eigenvalue weighted by molar-refractivity contribution is 7.46. The number of carbonyl (C=O) groups excluding carboxylic acids is 2. The van der Waals surface area contributed by atoms with Crippen molar-refractivity contribution in [3.05, 3.63) is 57.3 Å². The monoisotopic (exact) mass is 1130 g/mol. The Hall–Kier alpha value is -2.81. The van der Waals surface area contributed by atoms with Crippen molar-refractivity contribution in [2.24, 2.45) is 0 Å². The predicted octanol–water partition coefficient (Wildman–Crippen LogP) is 23.0. The number of hydrogen-bond acceptors (Lipinski definition) is 10. The summed E-state index contributed by atoms with van der Waals surface area (Å²) < 4.78 is 55.7. The molecule has 0 aliphatic rings. The first kappa shape index (κ1) is 60.4. The summed E-state index contributed by atoms with van der Waals surface area (Å²) in [6.45, 7) is 2.97. The van der Waals surface area contributed by atoms with Crippen LogP contribution in [0.15, 0.2) is 36.4 Å². The summed E-state index contributed by atoms with van der Waals surface area (Å²) in [5, 5.41) is 0. The van der Waals surface area contributed by atoms with Crippen LogP contribution in [0.25, 0.3) is 59.9 Å². The number of thiophene rings is 6. The van der Waals surface area contributed by atoms with E-state index in [0.29, 0.717) is 0 Å². The first-order chi connectivity index (χ1) is 36.1. The van der Waals surface area contributed by atoms with E-state index >= 15 is 0 Å². The van der Waals surface area contributed by atoms with Crippen LogP contribution < -0.4 is 0 Å². The number of methoxy groups -OCH3 is 1. The van der Waals surface area contributed by atoms with Crippen LogP contribution in [0.5, 0.6) is 0 Å². The highest BCUT2D eigenvalue weighted by Crippen LogP contribution is 2.56. The molecule has 0 aromatic carbocycles. The summed E-state index contributed by atoms with van der Waals surface area (Å²) in [7, 11) is 1.41. The van der Waals surface area contributed by atoms with E-state index in [-0.39, 0.29) is 5.97 Å². The Morgan fingerprint density at radius 3 is 1.09 bits per heavy atom. The summed E-state index contributed by atoms with van der Waals surface area (Å²) in [5.41, 5.74) is 2.86. The summed E-state index contributed by atoms with van der Waals surface area (Å²) in [5.74, 6) is -1.35. The van der Waals surface area contributed by atoms with Gasteiger partial charge in [-0.1, -0.05) is 194 Å². The number of rotatable bonds is 39. The number of hydrogen-bond donors (Lipinski definition) is 0. The van der Waals surface area contributed by atoms with E-state index in [2.05, 4.69) is 36.8 Å². The van der Waals surface area contributed by atoms with E-state index in [1.807, 2.05) is 57.5 Å². The highest BCUT2D eigenvalue weighted by atomic mass is 32.1. The van der Waals surface area contributed by atoms with Crippen LogP contribution in [0, 0.1) is 0 Å². The van der Waals surface area contributed by atoms with Gasteiger partial charge in [0.15, 0.2) is 6.61 Å². The van der Waals surface area contributed by atoms with Gasteiger partial charge >= 0.3 is 18.1 Å². The Morgan fingerprint density at radius 1 is 0.432 bits per heavy atom. The van der Waals surface area contributed by atoms with E-state index in [1.165, 1.54) is 253 Å². The maximum atomic E-state index is 12.7. The quantitative estimate of drug-likeness (QED) is 0.0219. The maximum absolute atomic E-state index is 12.7. The second-order valence-corrected chi connectivity index (χ2v) is 26.5. The van der Waals surface area contributed by atoms with E-state index < -0.39 is 18.8 Å². The maximum Gasteiger partial charge on any atom is 0.422 e. The number of esters is 2. The van der Waals surface area contributed by atoms with Crippen molar-refractivity contribution >= 4 is 120 Å². The minimum absolute atomic E-state index is 0.353. The zero-order valence-electron chi connectivity index (χ0n) is 44.7. The van der Waals surface area contributed by atoms with Crippen LogP contribution in [-0.4, -0.2) is 31.8 Å². The highest BCUT2D eigenvalue weighted by Gasteiger charge is 2.29. The summed E-state index contributed by atoms with van der Waals surface area (Å²) >= 11 is 11.0. The van der Waals surface area contributed by atoms with Crippen LogP contribution in [0.1, 0.15) is 227 Å². The number of fused-ring (bicyclic) bond motifs is 5. The third-order valence-corrected chi connectivity index (χ3v) is 22.2. The lowest BCUT2D eigenvalue weighted by molar-refractivity contribution is -0.182. The topological polar surface area (TPSA) is 52.6 Å². The minimum atomic E-state index is -4.56. The molecule has 6 rings (SSSR count). The van der Waals surface area contributed by atoms with Gasteiger partial charge in [-0.2, -0.15) is 13.2 Å². The van der Waals surface area contributed by atoms with Crippen LogP contribution in [0.4, 0.5) is 13.2 Å². The summed E-state index contributed by atoms with van der Waals surface area (Å²) in [6.07, 6.45) is 43.6. The molecule has 0 aliphatic carbocycles. The van der Waals surface area contributed by atoms with E-state index in [4.69, 9.17) is 4.74 Å². The summed E-state index contributed by atoms with van der Waals surface area (Å²) in [6, 6.07) is 8.37. The van der Waals surface area contributed by atoms with Gasteiger partial charge in [-0.05, 0) is 73.2 Å². The third-order valence-electron chi connectivity index (χ3n) is 14.1. The van der Waals surface area contributed by atoms with E-state index in [1.54, 1.807) is 28.7 Å². The number of carbonyl (C=O) groups is 2. The largest absolute Gasteiger partial charge is 0.466 e. The molecule has 0 saturated carbocycles. The fourth-order valence-corrected chi connectivity index (χ4v) is 18.3. The molecule has 6 heterocycles. The zero-order valence-corrected chi connectivity index (χ0v) is 49.6. The van der Waals surface area contributed by atoms with Gasteiger partial charge in [-0.15, -0.1) is 68.0 Å². The second-order valence-electron chi connectivity index (χ2n) is 20.2. The lowest BCUT2D eigenvalue weighted by atomic mass is 10.0. The van der Waals surface area contributed by atoms with E-state index in [9.17, 15) is 22.8 Å². The standard InChI is InChI=1S/C61H83F3O4S6/c1-4-6-8-10-12-14-16-18-20-22-24-26-28-30-32-34-47-53(49-40-36-45(69-49)38-42-51(65)67-3)71-57-55(47)73-60-58-56(74-59(57)60)48(35-33-31-29-27-25-23-21-19-17-15-13-11-9-7-5-2)54(72-58)50-41-37-46(70-50)39-43-52(66)68-44-61(62,63)64/h36-43H,4-35,44H2,1-3H3/b42-38+,43-39+. The lowest BCUT2D eigenvalue weighted by Crippen LogP contribution is -2.19. The molecule has 4 nitrogen and oxygen atoms in total. The molecule has 0 spiro atoms. The average molecular weight is 1130 g/mol. The van der Waals surface area contributed by atoms with Crippen molar-refractivity contribution in [1.82, 2.24) is 0 Å². The lowest BCUT2D eigenvalue weighted by Gasteiger charge is -2.05. The van der Waals surface area contributed by atoms with Gasteiger partial charge in [0, 0.05) is 41.4 Å². The van der Waals surface area contributed by atoms with Crippen LogP contribution in [0.2, 0.25) is 0 Å². The third kappa shape index (κ3) is 19.9. The van der Waals surface area contributed by atoms with Crippen molar-refractivity contribution < 1.29 is 32.2 Å². The van der Waals surface area contributed by atoms with Crippen molar-refractivity contribution in [3.63, 3.8) is 0 Å². The molecule has 6 aromatic heterocycles. The number of ether oxygens (including phenoxy) is 2. The van der Waals surface area contributed by atoms with Gasteiger partial charge in [-0.25, -0.2) is 9.59 Å². The molecule has 13 heteroatoms. The SMILES string of the molecule is CCCCCCCCCCCCCCCCCc1c(-c2ccc(/C=C/C(=O)OC)s2)sc2c1sc1c3sc(-c4ccc(/C=C/C(=O)OCC(F)(F)F)s4)c(CCCCCCCCCCCCCCCCC)c3sc21. The molecule has 0 bridgehead atoms. The minimum Gasteiger partial charge on any atom is -0.466 e. The van der Waals surface area contributed by atoms with Gasteiger partial charge < -0.3 is 9.47 Å². The Balaban J connectivity index is 1.15. The molecule has 74 heavy (non-hydrogen) atoms. The Labute approximate surface area is 465 Å². The number of alkyl halides is 3. The zero-order chi connectivity index (χ0) is 52.4. The molecule has 0 aliphatic heterocycles. The molecule has 6 aromatic rings. The van der Waals surface area contributed by atoms with Gasteiger partial charge in [0.05, 0.1) is 35.3 Å². The Kier molecular flexibility index (Phi) is 27.3. The number of halogens is 3. The molecule has 0 radical (unpaired) electrons. The average Bonchev–Trinajstić information content (AvgIpc) is 4.26. The number of unbranched alkanes of at least 4 members (excludes halogenated alkanes) is 28. The molecule has 0 N–H and O–H groups in total. The van der Waals surface area contributed by atoms with Crippen molar-refractivity contribution in [2.75, 3.05) is 13.7 Å². The first-order valence-electron chi connectivity index (χ1n) is 28.4. The van der Waals surface area contributed by atoms with E-state index in [0.717, 1.165) is 40.0 Å². The van der Waals surface area contributed by atoms with Crippen LogP contribution in [-0.2, 0) is 31.9 Å². The molecule has 408 valence electrons. The molecule has 0 unspecified atom stereocenters. The Bertz CT molecular complexity index is 2610. The van der Waals surface area contributed by atoms with Crippen molar-refractivity contribution in [3.8, 4) is 19.5 Å². The normalized spacial score (nSPS) is 12.4. The van der Waals surface area contributed by atoms with Gasteiger partial charge in [-0.3, -0.25) is 0 Å². The fraction of sp³-hybridized carbons (Fsp3) is 0.607. The molecule has 0 saturated heterocycles. The Morgan fingerprint density at radius 2 is 0.757 bits per heavy atom. The fourth-order valence-electron chi connectivity index (χ4n) is 9.91. The first-order valence-corrected chi connectivity index (χ1v) is 33.3. The molecule has 0 amide bonds. The molecule has 0 atom stereocenters. The smallest absolute Gasteiger partial charge is 0.422 e. The van der Waals surface area contributed by atoms with Crippen molar-refractivity contribution in [1.29, 1.82) is 0 Å². The molecular formula is C61H83F3O4S6. The summed E-state index contributed by atoms with van der Waals surface area (Å²) in [4.78, 5) is 30.9. The molecule has 0 fully saturated rings. The van der Waals surface area contributed by atoms with Crippen molar-refractivity contribution in [2.45, 2.75) is 225 Å². The van der Waals surface area contributed by atoms with Crippen LogP contribution >= 0.6 is 68.0 Å². The predicted molar refractivity (Wildman–Crippen MR) is 321 cm³/mol. The van der Waals surface area contributed by atoms with Crippen LogP contribution in [0.3, 0.4) is 0 Å². The van der Waals surface area contributed by atoms with Gasteiger partial charge in [0.25, 0.3) is 0 Å².